The van der Waals surface area contributed by atoms with Crippen molar-refractivity contribution in [3.63, 3.8) is 0 Å². The zero-order valence-corrected chi connectivity index (χ0v) is 9.84. The lowest BCUT2D eigenvalue weighted by molar-refractivity contribution is 0.470. The van der Waals surface area contributed by atoms with E-state index in [1.165, 1.54) is 0 Å². The van der Waals surface area contributed by atoms with Gasteiger partial charge in [0.05, 0.1) is 10.0 Å². The van der Waals surface area contributed by atoms with Crippen LogP contribution in [0.2, 0.25) is 0 Å². The number of carbonyl (C=O) groups excluding carboxylic acids is 1. The molecule has 4 heteroatoms. The summed E-state index contributed by atoms with van der Waals surface area (Å²) in [4.78, 5) is 14.2. The first-order valence-electron chi connectivity index (χ1n) is 4.68. The number of halogens is 1. The Bertz CT molecular complexity index is 460. The minimum atomic E-state index is -0.373. The van der Waals surface area contributed by atoms with Crippen LogP contribution in [-0.2, 0) is 10.3 Å². The molecule has 0 heterocycles. The van der Waals surface area contributed by atoms with Gasteiger partial charge in [0.1, 0.15) is 5.75 Å². The van der Waals surface area contributed by atoms with Crippen LogP contribution in [-0.4, -0.2) is 11.2 Å². The zero-order valence-electron chi connectivity index (χ0n) is 8.25. The molecule has 0 atom stereocenters. The maximum Gasteiger partial charge on any atom is 0.235 e. The summed E-state index contributed by atoms with van der Waals surface area (Å²) >= 11 is 3.26. The van der Waals surface area contributed by atoms with Crippen LogP contribution in [0.4, 0.5) is 0 Å². The monoisotopic (exact) mass is 267 g/mol. The van der Waals surface area contributed by atoms with Crippen LogP contribution in [0.5, 0.6) is 5.75 Å². The minimum absolute atomic E-state index is 0.210. The Balaban J connectivity index is 2.54. The van der Waals surface area contributed by atoms with Crippen LogP contribution in [0.15, 0.2) is 21.6 Å². The Kier molecular flexibility index (Phi) is 2.41. The van der Waals surface area contributed by atoms with Crippen LogP contribution >= 0.6 is 15.9 Å². The fourth-order valence-electron chi connectivity index (χ4n) is 1.81. The summed E-state index contributed by atoms with van der Waals surface area (Å²) in [5, 5.41) is 9.49. The molecule has 0 spiro atoms. The van der Waals surface area contributed by atoms with Crippen LogP contribution in [0.3, 0.4) is 0 Å². The Labute approximate surface area is 96.0 Å². The van der Waals surface area contributed by atoms with E-state index in [1.54, 1.807) is 12.1 Å². The van der Waals surface area contributed by atoms with Crippen molar-refractivity contribution in [2.45, 2.75) is 25.3 Å². The first kappa shape index (κ1) is 10.4. The zero-order chi connectivity index (χ0) is 11.1. The number of isocyanates is 1. The van der Waals surface area contributed by atoms with Gasteiger partial charge in [0.25, 0.3) is 0 Å². The molecule has 1 aromatic carbocycles. The average Bonchev–Trinajstić information content (AvgIpc) is 2.93. The number of aromatic hydroxyl groups is 1. The molecule has 3 nitrogen and oxygen atoms in total. The fraction of sp³-hybridized carbons (Fsp3) is 0.364. The number of phenols is 1. The van der Waals surface area contributed by atoms with E-state index < -0.39 is 0 Å². The van der Waals surface area contributed by atoms with Gasteiger partial charge in [-0.25, -0.2) is 4.79 Å². The highest BCUT2D eigenvalue weighted by atomic mass is 79.9. The molecule has 1 aromatic rings. The maximum atomic E-state index is 10.3. The molecule has 0 bridgehead atoms. The third-order valence-corrected chi connectivity index (χ3v) is 3.41. The predicted molar refractivity (Wildman–Crippen MR) is 59.6 cm³/mol. The Morgan fingerprint density at radius 3 is 2.73 bits per heavy atom. The molecule has 0 aliphatic heterocycles. The molecule has 0 radical (unpaired) electrons. The number of phenolic OH excluding ortho intramolecular Hbond substituents is 1. The fourth-order valence-corrected chi connectivity index (χ4v) is 2.16. The molecule has 1 aliphatic rings. The quantitative estimate of drug-likeness (QED) is 0.662. The molecule has 1 fully saturated rings. The summed E-state index contributed by atoms with van der Waals surface area (Å²) in [6.07, 6.45) is 3.38. The first-order chi connectivity index (χ1) is 7.09. The molecule has 0 amide bonds. The number of aryl methyl sites for hydroxylation is 1. The van der Waals surface area contributed by atoms with Crippen molar-refractivity contribution in [1.29, 1.82) is 0 Å². The third kappa shape index (κ3) is 1.71. The van der Waals surface area contributed by atoms with Crippen LogP contribution < -0.4 is 0 Å². The number of nitrogens with zero attached hydrogens (tertiary/aromatic N) is 1. The van der Waals surface area contributed by atoms with Crippen molar-refractivity contribution in [3.05, 3.63) is 27.7 Å². The first-order valence-corrected chi connectivity index (χ1v) is 5.47. The summed E-state index contributed by atoms with van der Waals surface area (Å²) < 4.78 is 0.635. The molecule has 1 N–H and O–H groups in total. The molecule has 15 heavy (non-hydrogen) atoms. The van der Waals surface area contributed by atoms with Gasteiger partial charge in [0, 0.05) is 0 Å². The predicted octanol–water partition coefficient (Wildman–Crippen LogP) is 2.79. The van der Waals surface area contributed by atoms with Crippen molar-refractivity contribution in [2.24, 2.45) is 4.99 Å². The highest BCUT2D eigenvalue weighted by Gasteiger charge is 2.45. The van der Waals surface area contributed by atoms with Crippen LogP contribution in [0, 0.1) is 6.92 Å². The standard InChI is InChI=1S/C11H10BrNO2/c1-7-4-10(15)9(12)5-8(7)11(2-3-11)13-6-14/h4-5,15H,2-3H2,1H3. The smallest absolute Gasteiger partial charge is 0.235 e. The Morgan fingerprint density at radius 1 is 1.53 bits per heavy atom. The van der Waals surface area contributed by atoms with Gasteiger partial charge in [-0.15, -0.1) is 0 Å². The number of aliphatic imine (C=N–C) groups is 1. The molecule has 2 rings (SSSR count). The SMILES string of the molecule is Cc1cc(O)c(Br)cc1C1(N=C=O)CC1. The van der Waals surface area contributed by atoms with Crippen molar-refractivity contribution in [1.82, 2.24) is 0 Å². The third-order valence-electron chi connectivity index (χ3n) is 2.78. The second kappa shape index (κ2) is 3.47. The second-order valence-electron chi connectivity index (χ2n) is 3.85. The van der Waals surface area contributed by atoms with Gasteiger partial charge >= 0.3 is 0 Å². The van der Waals surface area contributed by atoms with E-state index in [2.05, 4.69) is 20.9 Å². The molecule has 0 unspecified atom stereocenters. The van der Waals surface area contributed by atoms with Gasteiger partial charge in [0.15, 0.2) is 0 Å². The van der Waals surface area contributed by atoms with Crippen molar-refractivity contribution in [2.75, 3.05) is 0 Å². The lowest BCUT2D eigenvalue weighted by atomic mass is 9.99. The summed E-state index contributed by atoms with van der Waals surface area (Å²) in [6, 6.07) is 3.51. The normalized spacial score (nSPS) is 16.9. The molecule has 0 aromatic heterocycles. The highest BCUT2D eigenvalue weighted by Crippen LogP contribution is 2.51. The molecule has 78 valence electrons. The van der Waals surface area contributed by atoms with Gasteiger partial charge in [-0.05, 0) is 59.0 Å². The Hall–Kier alpha value is -1.12. The summed E-state index contributed by atoms with van der Waals surface area (Å²) in [6.45, 7) is 1.90. The summed E-state index contributed by atoms with van der Waals surface area (Å²) in [5.74, 6) is 0.210. The van der Waals surface area contributed by atoms with E-state index in [0.717, 1.165) is 24.0 Å². The summed E-state index contributed by atoms with van der Waals surface area (Å²) in [7, 11) is 0. The van der Waals surface area contributed by atoms with E-state index in [4.69, 9.17) is 0 Å². The lowest BCUT2D eigenvalue weighted by Gasteiger charge is -2.13. The van der Waals surface area contributed by atoms with Gasteiger partial charge in [-0.3, -0.25) is 0 Å². The second-order valence-corrected chi connectivity index (χ2v) is 4.71. The molecular formula is C11H10BrNO2. The number of benzene rings is 1. The van der Waals surface area contributed by atoms with Gasteiger partial charge in [-0.2, -0.15) is 4.99 Å². The van der Waals surface area contributed by atoms with E-state index >= 15 is 0 Å². The maximum absolute atomic E-state index is 10.3. The highest BCUT2D eigenvalue weighted by molar-refractivity contribution is 9.10. The van der Waals surface area contributed by atoms with E-state index in [9.17, 15) is 9.90 Å². The Morgan fingerprint density at radius 2 is 2.20 bits per heavy atom. The van der Waals surface area contributed by atoms with E-state index in [1.807, 2.05) is 13.0 Å². The average molecular weight is 268 g/mol. The van der Waals surface area contributed by atoms with Crippen molar-refractivity contribution < 1.29 is 9.90 Å². The van der Waals surface area contributed by atoms with Crippen LogP contribution in [0.1, 0.15) is 24.0 Å². The molecular weight excluding hydrogens is 258 g/mol. The van der Waals surface area contributed by atoms with Gasteiger partial charge in [-0.1, -0.05) is 0 Å². The van der Waals surface area contributed by atoms with Gasteiger partial charge < -0.3 is 5.11 Å². The number of hydrogen-bond donors (Lipinski definition) is 1. The van der Waals surface area contributed by atoms with Crippen molar-refractivity contribution >= 4 is 22.0 Å². The van der Waals surface area contributed by atoms with Crippen LogP contribution in [0.25, 0.3) is 0 Å². The van der Waals surface area contributed by atoms with Gasteiger partial charge in [0.2, 0.25) is 6.08 Å². The largest absolute Gasteiger partial charge is 0.507 e. The van der Waals surface area contributed by atoms with E-state index in [-0.39, 0.29) is 11.3 Å². The minimum Gasteiger partial charge on any atom is -0.507 e. The molecule has 1 aliphatic carbocycles. The topological polar surface area (TPSA) is 49.7 Å². The lowest BCUT2D eigenvalue weighted by Crippen LogP contribution is -2.04. The number of rotatable bonds is 2. The van der Waals surface area contributed by atoms with E-state index in [0.29, 0.717) is 4.47 Å². The van der Waals surface area contributed by atoms with Crippen molar-refractivity contribution in [3.8, 4) is 5.75 Å². The number of hydrogen-bond acceptors (Lipinski definition) is 3. The summed E-state index contributed by atoms with van der Waals surface area (Å²) in [5.41, 5.74) is 1.57. The molecule has 1 saturated carbocycles. The molecule has 0 saturated heterocycles.